The predicted octanol–water partition coefficient (Wildman–Crippen LogP) is 0.618. The third kappa shape index (κ3) is 4.28. The molecule has 4 N–H and O–H groups in total. The summed E-state index contributed by atoms with van der Waals surface area (Å²) in [5, 5.41) is 3.05. The molecule has 0 aliphatic carbocycles. The molecule has 9 nitrogen and oxygen atoms in total. The Morgan fingerprint density at radius 3 is 2.71 bits per heavy atom. The summed E-state index contributed by atoms with van der Waals surface area (Å²) in [5.74, 6) is 1.17. The number of benzene rings is 2. The summed E-state index contributed by atoms with van der Waals surface area (Å²) in [4.78, 5) is 17.2. The lowest BCUT2D eigenvalue weighted by Crippen LogP contribution is -2.56. The van der Waals surface area contributed by atoms with Crippen molar-refractivity contribution >= 4 is 11.6 Å². The van der Waals surface area contributed by atoms with Gasteiger partial charge in [0.25, 0.3) is 0 Å². The fourth-order valence-corrected chi connectivity index (χ4v) is 4.05. The highest BCUT2D eigenvalue weighted by molar-refractivity contribution is 5.83. The van der Waals surface area contributed by atoms with E-state index in [1.807, 2.05) is 23.1 Å². The number of fused-ring (bicyclic) bond motifs is 1. The standard InChI is InChI=1S/C21H25FN6O3/c22-15-3-1-2-4-16(15)23-20-19(24-26-25-20)21(29)28-9-7-27(8-10-28)12-14-5-6-17-18(11-14)31-13-30-17/h1-6,11,19-20,23-26H,7-10,12-13H2. The first-order valence-electron chi connectivity index (χ1n) is 10.3. The summed E-state index contributed by atoms with van der Waals surface area (Å²) < 4.78 is 24.8. The minimum absolute atomic E-state index is 0.0333. The number of hydrazine groups is 2. The quantitative estimate of drug-likeness (QED) is 0.551. The second-order valence-electron chi connectivity index (χ2n) is 7.78. The van der Waals surface area contributed by atoms with Gasteiger partial charge in [-0.05, 0) is 29.8 Å². The van der Waals surface area contributed by atoms with Crippen molar-refractivity contribution in [1.29, 1.82) is 0 Å². The summed E-state index contributed by atoms with van der Waals surface area (Å²) in [6.07, 6.45) is -0.476. The molecule has 10 heteroatoms. The van der Waals surface area contributed by atoms with Crippen molar-refractivity contribution in [2.75, 3.05) is 38.3 Å². The molecular formula is C21H25FN6O3. The molecule has 0 bridgehead atoms. The Balaban J connectivity index is 1.15. The monoisotopic (exact) mass is 428 g/mol. The van der Waals surface area contributed by atoms with Crippen molar-refractivity contribution in [2.24, 2.45) is 0 Å². The Bertz CT molecular complexity index is 952. The van der Waals surface area contributed by atoms with Gasteiger partial charge in [0, 0.05) is 32.7 Å². The van der Waals surface area contributed by atoms with E-state index >= 15 is 0 Å². The highest BCUT2D eigenvalue weighted by Crippen LogP contribution is 2.32. The highest BCUT2D eigenvalue weighted by atomic mass is 19.1. The number of halogens is 1. The Morgan fingerprint density at radius 1 is 1.06 bits per heavy atom. The van der Waals surface area contributed by atoms with Crippen LogP contribution < -0.4 is 31.2 Å². The van der Waals surface area contributed by atoms with E-state index in [1.165, 1.54) is 6.07 Å². The van der Waals surface area contributed by atoms with E-state index in [2.05, 4.69) is 26.6 Å². The normalized spacial score (nSPS) is 23.2. The van der Waals surface area contributed by atoms with Gasteiger partial charge in [0.15, 0.2) is 11.5 Å². The van der Waals surface area contributed by atoms with Gasteiger partial charge in [0.05, 0.1) is 5.69 Å². The number of para-hydroxylation sites is 1. The molecule has 0 saturated carbocycles. The van der Waals surface area contributed by atoms with E-state index in [1.54, 1.807) is 18.2 Å². The van der Waals surface area contributed by atoms with Crippen molar-refractivity contribution in [3.63, 3.8) is 0 Å². The average molecular weight is 428 g/mol. The first-order chi connectivity index (χ1) is 15.2. The molecule has 164 valence electrons. The van der Waals surface area contributed by atoms with E-state index in [9.17, 15) is 9.18 Å². The first kappa shape index (κ1) is 20.0. The fraction of sp³-hybridized carbons (Fsp3) is 0.381. The Kier molecular flexibility index (Phi) is 5.60. The van der Waals surface area contributed by atoms with Crippen LogP contribution in [0.15, 0.2) is 42.5 Å². The highest BCUT2D eigenvalue weighted by Gasteiger charge is 2.37. The number of hydrogen-bond acceptors (Lipinski definition) is 8. The van der Waals surface area contributed by atoms with E-state index in [4.69, 9.17) is 9.47 Å². The zero-order valence-corrected chi connectivity index (χ0v) is 16.9. The molecule has 3 aliphatic heterocycles. The first-order valence-corrected chi connectivity index (χ1v) is 10.3. The number of carbonyl (C=O) groups is 1. The number of piperazine rings is 1. The number of ether oxygens (including phenoxy) is 2. The molecule has 0 aromatic heterocycles. The van der Waals surface area contributed by atoms with Crippen molar-refractivity contribution in [3.8, 4) is 11.5 Å². The number of rotatable bonds is 5. The lowest BCUT2D eigenvalue weighted by molar-refractivity contribution is -0.135. The number of nitrogens with one attached hydrogen (secondary N) is 4. The van der Waals surface area contributed by atoms with Gasteiger partial charge in [0.1, 0.15) is 18.0 Å². The van der Waals surface area contributed by atoms with Gasteiger partial charge in [-0.25, -0.2) is 15.2 Å². The molecule has 2 aromatic carbocycles. The SMILES string of the molecule is O=C(C1NNNC1Nc1ccccc1F)N1CCN(Cc2ccc3c(c2)OCO3)CC1. The minimum atomic E-state index is -0.556. The van der Waals surface area contributed by atoms with Gasteiger partial charge in [-0.3, -0.25) is 9.69 Å². The second kappa shape index (κ2) is 8.67. The maximum atomic E-state index is 14.0. The molecule has 2 unspecified atom stereocenters. The van der Waals surface area contributed by atoms with Crippen molar-refractivity contribution in [2.45, 2.75) is 18.8 Å². The van der Waals surface area contributed by atoms with Crippen LogP contribution in [0.2, 0.25) is 0 Å². The van der Waals surface area contributed by atoms with Gasteiger partial charge < -0.3 is 19.7 Å². The van der Waals surface area contributed by atoms with E-state index in [0.29, 0.717) is 18.8 Å². The summed E-state index contributed by atoms with van der Waals surface area (Å²) >= 11 is 0. The molecule has 3 heterocycles. The van der Waals surface area contributed by atoms with E-state index in [-0.39, 0.29) is 18.5 Å². The lowest BCUT2D eigenvalue weighted by atomic mass is 10.1. The second-order valence-corrected chi connectivity index (χ2v) is 7.78. The number of nitrogens with zero attached hydrogens (tertiary/aromatic N) is 2. The molecule has 2 atom stereocenters. The van der Waals surface area contributed by atoms with Gasteiger partial charge >= 0.3 is 0 Å². The lowest BCUT2D eigenvalue weighted by Gasteiger charge is -2.36. The smallest absolute Gasteiger partial charge is 0.244 e. The number of amides is 1. The summed E-state index contributed by atoms with van der Waals surface area (Å²) in [6.45, 7) is 3.88. The van der Waals surface area contributed by atoms with Gasteiger partial charge in [-0.2, -0.15) is 5.53 Å². The van der Waals surface area contributed by atoms with Crippen LogP contribution in [0.4, 0.5) is 10.1 Å². The topological polar surface area (TPSA) is 90.1 Å². The molecule has 0 radical (unpaired) electrons. The number of carbonyl (C=O) groups excluding carboxylic acids is 1. The van der Waals surface area contributed by atoms with Gasteiger partial charge in [0.2, 0.25) is 12.7 Å². The van der Waals surface area contributed by atoms with Crippen LogP contribution in [-0.2, 0) is 11.3 Å². The molecule has 0 spiro atoms. The number of anilines is 1. The van der Waals surface area contributed by atoms with Crippen molar-refractivity contribution in [1.82, 2.24) is 26.2 Å². The molecular weight excluding hydrogens is 403 g/mol. The molecule has 3 aliphatic rings. The Labute approximate surface area is 179 Å². The van der Waals surface area contributed by atoms with Crippen LogP contribution in [0.5, 0.6) is 11.5 Å². The van der Waals surface area contributed by atoms with Crippen LogP contribution in [0, 0.1) is 5.82 Å². The van der Waals surface area contributed by atoms with E-state index in [0.717, 1.165) is 36.7 Å². The van der Waals surface area contributed by atoms with Crippen LogP contribution in [0.25, 0.3) is 0 Å². The Morgan fingerprint density at radius 2 is 1.87 bits per heavy atom. The molecule has 1 amide bonds. The Hall–Kier alpha value is -2.92. The fourth-order valence-electron chi connectivity index (χ4n) is 4.05. The average Bonchev–Trinajstić information content (AvgIpc) is 3.44. The van der Waals surface area contributed by atoms with Gasteiger partial charge in [-0.15, -0.1) is 0 Å². The zero-order valence-electron chi connectivity index (χ0n) is 16.9. The van der Waals surface area contributed by atoms with Gasteiger partial charge in [-0.1, -0.05) is 18.2 Å². The zero-order chi connectivity index (χ0) is 21.2. The molecule has 2 fully saturated rings. The molecule has 2 aromatic rings. The van der Waals surface area contributed by atoms with E-state index < -0.39 is 12.2 Å². The van der Waals surface area contributed by atoms with Crippen molar-refractivity contribution < 1.29 is 18.7 Å². The maximum absolute atomic E-state index is 14.0. The summed E-state index contributed by atoms with van der Waals surface area (Å²) in [7, 11) is 0. The molecule has 2 saturated heterocycles. The predicted molar refractivity (Wildman–Crippen MR) is 111 cm³/mol. The largest absolute Gasteiger partial charge is 0.454 e. The summed E-state index contributed by atoms with van der Waals surface area (Å²) in [6, 6.07) is 11.8. The maximum Gasteiger partial charge on any atom is 0.244 e. The minimum Gasteiger partial charge on any atom is -0.454 e. The van der Waals surface area contributed by atoms with Crippen molar-refractivity contribution in [3.05, 3.63) is 53.8 Å². The molecule has 5 rings (SSSR count). The van der Waals surface area contributed by atoms with Crippen LogP contribution in [-0.4, -0.2) is 60.9 Å². The van der Waals surface area contributed by atoms with Crippen LogP contribution in [0.1, 0.15) is 5.56 Å². The van der Waals surface area contributed by atoms with Crippen LogP contribution in [0.3, 0.4) is 0 Å². The molecule has 31 heavy (non-hydrogen) atoms. The third-order valence-corrected chi connectivity index (χ3v) is 5.77. The third-order valence-electron chi connectivity index (χ3n) is 5.77. The summed E-state index contributed by atoms with van der Waals surface area (Å²) in [5.41, 5.74) is 10.2. The number of hydrogen-bond donors (Lipinski definition) is 4. The van der Waals surface area contributed by atoms with Crippen LogP contribution >= 0.6 is 0 Å².